The lowest BCUT2D eigenvalue weighted by Crippen LogP contribution is -2.29. The van der Waals surface area contributed by atoms with Gasteiger partial charge in [-0.3, -0.25) is 0 Å². The fourth-order valence-corrected chi connectivity index (χ4v) is 2.24. The lowest BCUT2D eigenvalue weighted by atomic mass is 10.2. The minimum Gasteiger partial charge on any atom is -0.397 e. The number of aromatic nitrogens is 1. The van der Waals surface area contributed by atoms with Crippen LogP contribution in [0.15, 0.2) is 6.07 Å². The maximum absolute atomic E-state index is 9.59. The molecule has 88 valence electrons. The number of nitrogens with zero attached hydrogens (tertiary/aromatic N) is 2. The summed E-state index contributed by atoms with van der Waals surface area (Å²) in [4.78, 5) is 6.11. The van der Waals surface area contributed by atoms with Crippen molar-refractivity contribution in [2.24, 2.45) is 0 Å². The zero-order chi connectivity index (χ0) is 11.9. The van der Waals surface area contributed by atoms with Gasteiger partial charge in [0.15, 0.2) is 5.82 Å². The first kappa shape index (κ1) is 11.3. The van der Waals surface area contributed by atoms with Crippen molar-refractivity contribution in [3.05, 3.63) is 11.2 Å². The molecule has 0 aromatic carbocycles. The predicted molar refractivity (Wildman–Crippen MR) is 65.5 cm³/mol. The second-order valence-electron chi connectivity index (χ2n) is 4.16. The van der Waals surface area contributed by atoms with Gasteiger partial charge in [-0.15, -0.1) is 0 Å². The first-order chi connectivity index (χ1) is 7.49. The molecule has 1 fully saturated rings. The van der Waals surface area contributed by atoms with Crippen LogP contribution in [-0.4, -0.2) is 28.8 Å². The van der Waals surface area contributed by atoms with Crippen LogP contribution in [0.5, 0.6) is 0 Å². The van der Waals surface area contributed by atoms with E-state index in [1.807, 2.05) is 11.8 Å². The van der Waals surface area contributed by atoms with E-state index < -0.39 is 0 Å². The fraction of sp³-hybridized carbons (Fsp3) is 0.500. The molecule has 1 aliphatic rings. The van der Waals surface area contributed by atoms with Gasteiger partial charge in [-0.2, -0.15) is 0 Å². The van der Waals surface area contributed by atoms with E-state index in [0.29, 0.717) is 35.3 Å². The average Bonchev–Trinajstić information content (AvgIpc) is 2.51. The van der Waals surface area contributed by atoms with Gasteiger partial charge in [0.05, 0.1) is 17.5 Å². The molecule has 0 amide bonds. The van der Waals surface area contributed by atoms with Crippen LogP contribution in [0.3, 0.4) is 0 Å². The van der Waals surface area contributed by atoms with Crippen molar-refractivity contribution in [2.75, 3.05) is 22.9 Å². The molecule has 6 heteroatoms. The van der Waals surface area contributed by atoms with Crippen LogP contribution in [0.1, 0.15) is 13.3 Å². The number of aliphatic hydroxyl groups is 1. The topological polar surface area (TPSA) is 88.4 Å². The highest BCUT2D eigenvalue weighted by atomic mass is 35.5. The maximum Gasteiger partial charge on any atom is 0.156 e. The molecule has 1 aliphatic heterocycles. The third-order valence-corrected chi connectivity index (χ3v) is 3.06. The third kappa shape index (κ3) is 1.88. The Bertz CT molecular complexity index is 412. The van der Waals surface area contributed by atoms with Gasteiger partial charge in [-0.25, -0.2) is 4.98 Å². The molecule has 1 aromatic rings. The highest BCUT2D eigenvalue weighted by molar-refractivity contribution is 6.30. The number of nitrogen functional groups attached to an aromatic ring is 2. The van der Waals surface area contributed by atoms with E-state index >= 15 is 0 Å². The standard InChI is InChI=1S/C10H15ClN4O/c1-5-2-6(16)4-15(5)10-9(13)7(12)3-8(11)14-10/h3,5-6,16H,2,4,13H2,1H3,(H2,12,14)/t5-,6-/m1/s1. The van der Waals surface area contributed by atoms with Gasteiger partial charge in [-0.1, -0.05) is 11.6 Å². The molecule has 1 aromatic heterocycles. The molecule has 0 aliphatic carbocycles. The van der Waals surface area contributed by atoms with Crippen molar-refractivity contribution in [2.45, 2.75) is 25.5 Å². The largest absolute Gasteiger partial charge is 0.397 e. The van der Waals surface area contributed by atoms with E-state index in [2.05, 4.69) is 4.98 Å². The normalized spacial score (nSPS) is 25.1. The number of aliphatic hydroxyl groups excluding tert-OH is 1. The lowest BCUT2D eigenvalue weighted by Gasteiger charge is -2.24. The zero-order valence-corrected chi connectivity index (χ0v) is 9.78. The number of hydrogen-bond acceptors (Lipinski definition) is 5. The minimum absolute atomic E-state index is 0.183. The number of nitrogens with two attached hydrogens (primary N) is 2. The Morgan fingerprint density at radius 1 is 1.56 bits per heavy atom. The van der Waals surface area contributed by atoms with E-state index in [4.69, 9.17) is 23.1 Å². The van der Waals surface area contributed by atoms with Crippen molar-refractivity contribution >= 4 is 28.8 Å². The van der Waals surface area contributed by atoms with Crippen molar-refractivity contribution < 1.29 is 5.11 Å². The molecule has 0 unspecified atom stereocenters. The van der Waals surface area contributed by atoms with Gasteiger partial charge in [0.25, 0.3) is 0 Å². The molecule has 2 atom stereocenters. The third-order valence-electron chi connectivity index (χ3n) is 2.86. The minimum atomic E-state index is -0.351. The summed E-state index contributed by atoms with van der Waals surface area (Å²) in [5, 5.41) is 9.90. The zero-order valence-electron chi connectivity index (χ0n) is 9.02. The van der Waals surface area contributed by atoms with Gasteiger partial charge < -0.3 is 21.5 Å². The van der Waals surface area contributed by atoms with Crippen LogP contribution >= 0.6 is 11.6 Å². The van der Waals surface area contributed by atoms with Gasteiger partial charge in [0.2, 0.25) is 0 Å². The SMILES string of the molecule is C[C@@H]1C[C@@H](O)CN1c1nc(Cl)cc(N)c1N. The van der Waals surface area contributed by atoms with E-state index in [1.54, 1.807) is 0 Å². The number of β-amino-alcohol motifs (C(OH)–C–C–N with tert-alkyl or cyclic N) is 1. The molecule has 1 saturated heterocycles. The molecule has 0 bridgehead atoms. The average molecular weight is 243 g/mol. The molecule has 0 spiro atoms. The van der Waals surface area contributed by atoms with Crippen LogP contribution in [0.4, 0.5) is 17.2 Å². The highest BCUT2D eigenvalue weighted by Gasteiger charge is 2.30. The van der Waals surface area contributed by atoms with Crippen LogP contribution in [0.25, 0.3) is 0 Å². The smallest absolute Gasteiger partial charge is 0.156 e. The van der Waals surface area contributed by atoms with Gasteiger partial charge in [-0.05, 0) is 13.3 Å². The molecule has 0 saturated carbocycles. The molecule has 0 radical (unpaired) electrons. The van der Waals surface area contributed by atoms with Crippen LogP contribution < -0.4 is 16.4 Å². The summed E-state index contributed by atoms with van der Waals surface area (Å²) in [6.07, 6.45) is 0.351. The summed E-state index contributed by atoms with van der Waals surface area (Å²) in [5.41, 5.74) is 12.4. The molecule has 5 N–H and O–H groups in total. The van der Waals surface area contributed by atoms with E-state index in [0.717, 1.165) is 0 Å². The van der Waals surface area contributed by atoms with Crippen LogP contribution in [0.2, 0.25) is 5.15 Å². The van der Waals surface area contributed by atoms with Gasteiger partial charge in [0, 0.05) is 18.7 Å². The second-order valence-corrected chi connectivity index (χ2v) is 4.55. The molecule has 2 heterocycles. The van der Waals surface area contributed by atoms with E-state index in [9.17, 15) is 5.11 Å². The predicted octanol–water partition coefficient (Wildman–Crippen LogP) is 0.859. The van der Waals surface area contributed by atoms with Crippen LogP contribution in [-0.2, 0) is 0 Å². The molecule has 5 nitrogen and oxygen atoms in total. The Labute approximate surface area is 99.0 Å². The van der Waals surface area contributed by atoms with Gasteiger partial charge in [0.1, 0.15) is 5.15 Å². The monoisotopic (exact) mass is 242 g/mol. The lowest BCUT2D eigenvalue weighted by molar-refractivity contribution is 0.195. The Hall–Kier alpha value is -1.20. The Morgan fingerprint density at radius 3 is 2.81 bits per heavy atom. The Kier molecular flexibility index (Phi) is 2.82. The summed E-state index contributed by atoms with van der Waals surface area (Å²) in [6.45, 7) is 2.52. The Balaban J connectivity index is 2.40. The molecule has 2 rings (SSSR count). The summed E-state index contributed by atoms with van der Waals surface area (Å²) in [6, 6.07) is 1.71. The fourth-order valence-electron chi connectivity index (χ4n) is 2.05. The summed E-state index contributed by atoms with van der Waals surface area (Å²) in [7, 11) is 0. The number of anilines is 3. The van der Waals surface area contributed by atoms with Gasteiger partial charge >= 0.3 is 0 Å². The summed E-state index contributed by atoms with van der Waals surface area (Å²) < 4.78 is 0. The second kappa shape index (κ2) is 3.99. The van der Waals surface area contributed by atoms with E-state index in [1.165, 1.54) is 6.07 Å². The quantitative estimate of drug-likeness (QED) is 0.636. The number of halogens is 1. The highest BCUT2D eigenvalue weighted by Crippen LogP contribution is 2.33. The first-order valence-corrected chi connectivity index (χ1v) is 5.53. The van der Waals surface area contributed by atoms with Crippen molar-refractivity contribution in [1.82, 2.24) is 4.98 Å². The molecular formula is C10H15ClN4O. The molecular weight excluding hydrogens is 228 g/mol. The number of hydrogen-bond donors (Lipinski definition) is 3. The van der Waals surface area contributed by atoms with Crippen molar-refractivity contribution in [3.8, 4) is 0 Å². The number of rotatable bonds is 1. The Morgan fingerprint density at radius 2 is 2.25 bits per heavy atom. The maximum atomic E-state index is 9.59. The summed E-state index contributed by atoms with van der Waals surface area (Å²) in [5.74, 6) is 0.564. The summed E-state index contributed by atoms with van der Waals surface area (Å²) >= 11 is 5.85. The van der Waals surface area contributed by atoms with Crippen molar-refractivity contribution in [1.29, 1.82) is 0 Å². The van der Waals surface area contributed by atoms with Crippen LogP contribution in [0, 0.1) is 0 Å². The van der Waals surface area contributed by atoms with E-state index in [-0.39, 0.29) is 12.1 Å². The molecule has 16 heavy (non-hydrogen) atoms. The van der Waals surface area contributed by atoms with Crippen molar-refractivity contribution in [3.63, 3.8) is 0 Å². The first-order valence-electron chi connectivity index (χ1n) is 5.15. The number of pyridine rings is 1.